The fourth-order valence-corrected chi connectivity index (χ4v) is 2.02. The summed E-state index contributed by atoms with van der Waals surface area (Å²) in [5, 5.41) is 0. The Hall–Kier alpha value is -1.66. The first-order valence-electron chi connectivity index (χ1n) is 7.21. The van der Waals surface area contributed by atoms with Gasteiger partial charge in [0, 0.05) is 38.9 Å². The van der Waals surface area contributed by atoms with Crippen molar-refractivity contribution in [2.45, 2.75) is 32.9 Å². The largest absolute Gasteiger partial charge is 0.441 e. The molecule has 0 saturated carbocycles. The van der Waals surface area contributed by atoms with Crippen LogP contribution < -0.4 is 0 Å². The summed E-state index contributed by atoms with van der Waals surface area (Å²) < 4.78 is 0. The highest BCUT2D eigenvalue weighted by atomic mass is 17.2. The van der Waals surface area contributed by atoms with E-state index in [1.165, 1.54) is 0 Å². The number of carbonyl (C=O) groups excluding carboxylic acids is 1. The number of nitrogens with zero attached hydrogens (tertiary/aromatic N) is 3. The van der Waals surface area contributed by atoms with Crippen LogP contribution in [0.2, 0.25) is 0 Å². The van der Waals surface area contributed by atoms with E-state index < -0.39 is 11.7 Å². The van der Waals surface area contributed by atoms with Crippen molar-refractivity contribution in [2.75, 3.05) is 26.2 Å². The molecule has 0 aliphatic carbocycles. The van der Waals surface area contributed by atoms with Crippen molar-refractivity contribution in [3.63, 3.8) is 0 Å². The molecular formula is C15H23N3O3. The van der Waals surface area contributed by atoms with E-state index in [9.17, 15) is 4.79 Å². The summed E-state index contributed by atoms with van der Waals surface area (Å²) in [6.45, 7) is 9.21. The molecule has 0 aromatic carbocycles. The van der Waals surface area contributed by atoms with Gasteiger partial charge in [0.05, 0.1) is 5.69 Å². The molecule has 0 radical (unpaired) electrons. The summed E-state index contributed by atoms with van der Waals surface area (Å²) in [6, 6.07) is 5.91. The number of hydrogen-bond donors (Lipinski definition) is 0. The number of amides is 1. The monoisotopic (exact) mass is 293 g/mol. The Bertz CT molecular complexity index is 451. The molecule has 2 rings (SSSR count). The Morgan fingerprint density at radius 3 is 2.52 bits per heavy atom. The third-order valence-corrected chi connectivity index (χ3v) is 3.11. The lowest BCUT2D eigenvalue weighted by atomic mass is 10.2. The molecule has 1 aliphatic heterocycles. The first-order chi connectivity index (χ1) is 9.94. The Morgan fingerprint density at radius 2 is 1.95 bits per heavy atom. The molecule has 0 bridgehead atoms. The number of piperazine rings is 1. The zero-order chi connectivity index (χ0) is 15.3. The van der Waals surface area contributed by atoms with Crippen molar-refractivity contribution in [3.8, 4) is 0 Å². The molecule has 1 saturated heterocycles. The van der Waals surface area contributed by atoms with Gasteiger partial charge in [-0.25, -0.2) is 4.79 Å². The van der Waals surface area contributed by atoms with E-state index in [0.29, 0.717) is 13.1 Å². The van der Waals surface area contributed by atoms with Gasteiger partial charge in [-0.2, -0.15) is 4.89 Å². The van der Waals surface area contributed by atoms with Crippen LogP contribution >= 0.6 is 0 Å². The minimum atomic E-state index is -0.490. The van der Waals surface area contributed by atoms with Crippen LogP contribution in [-0.4, -0.2) is 52.7 Å². The lowest BCUT2D eigenvalue weighted by Crippen LogP contribution is -2.48. The van der Waals surface area contributed by atoms with Gasteiger partial charge in [-0.05, 0) is 32.9 Å². The van der Waals surface area contributed by atoms with Crippen LogP contribution in [0.15, 0.2) is 24.4 Å². The average molecular weight is 293 g/mol. The Labute approximate surface area is 125 Å². The molecule has 1 aromatic rings. The van der Waals surface area contributed by atoms with Gasteiger partial charge in [-0.1, -0.05) is 6.07 Å². The zero-order valence-electron chi connectivity index (χ0n) is 12.9. The fourth-order valence-electron chi connectivity index (χ4n) is 2.02. The van der Waals surface area contributed by atoms with Crippen LogP contribution in [0.25, 0.3) is 0 Å². The summed E-state index contributed by atoms with van der Waals surface area (Å²) in [7, 11) is 0. The van der Waals surface area contributed by atoms with Gasteiger partial charge in [0.25, 0.3) is 0 Å². The van der Waals surface area contributed by atoms with E-state index >= 15 is 0 Å². The smallest absolute Gasteiger partial charge is 0.303 e. The molecule has 0 N–H and O–H groups in total. The molecule has 2 heterocycles. The highest BCUT2D eigenvalue weighted by Gasteiger charge is 2.24. The third-order valence-electron chi connectivity index (χ3n) is 3.11. The van der Waals surface area contributed by atoms with Crippen LogP contribution in [0.4, 0.5) is 4.79 Å². The minimum absolute atomic E-state index is 0.414. The van der Waals surface area contributed by atoms with Gasteiger partial charge < -0.3 is 4.90 Å². The summed E-state index contributed by atoms with van der Waals surface area (Å²) in [4.78, 5) is 30.0. The maximum Gasteiger partial charge on any atom is 0.441 e. The van der Waals surface area contributed by atoms with Gasteiger partial charge in [0.15, 0.2) is 0 Å². The quantitative estimate of drug-likeness (QED) is 0.631. The topological polar surface area (TPSA) is 54.9 Å². The summed E-state index contributed by atoms with van der Waals surface area (Å²) in [5.74, 6) is 0. The molecule has 6 heteroatoms. The molecule has 1 aliphatic rings. The molecule has 1 fully saturated rings. The second-order valence-corrected chi connectivity index (χ2v) is 6.13. The van der Waals surface area contributed by atoms with E-state index in [1.807, 2.05) is 39.0 Å². The van der Waals surface area contributed by atoms with E-state index in [-0.39, 0.29) is 0 Å². The van der Waals surface area contributed by atoms with E-state index in [4.69, 9.17) is 9.78 Å². The summed E-state index contributed by atoms with van der Waals surface area (Å²) in [5.41, 5.74) is 0.556. The Kier molecular flexibility index (Phi) is 5.14. The fraction of sp³-hybridized carbons (Fsp3) is 0.600. The van der Waals surface area contributed by atoms with Crippen molar-refractivity contribution in [3.05, 3.63) is 30.1 Å². The molecule has 0 unspecified atom stereocenters. The van der Waals surface area contributed by atoms with Crippen molar-refractivity contribution >= 4 is 6.09 Å². The molecule has 1 amide bonds. The second kappa shape index (κ2) is 6.87. The maximum absolute atomic E-state index is 11.9. The molecule has 1 aromatic heterocycles. The standard InChI is InChI=1S/C15H23N3O3/c1-15(2,3)21-20-14(19)18-10-8-17(9-11-18)12-13-6-4-5-7-16-13/h4-7H,8-12H2,1-3H3. The summed E-state index contributed by atoms with van der Waals surface area (Å²) in [6.07, 6.45) is 1.38. The highest BCUT2D eigenvalue weighted by molar-refractivity contribution is 5.67. The predicted molar refractivity (Wildman–Crippen MR) is 78.4 cm³/mol. The SMILES string of the molecule is CC(C)(C)OOC(=O)N1CCN(Cc2ccccn2)CC1. The van der Waals surface area contributed by atoms with Gasteiger partial charge in [-0.3, -0.25) is 14.8 Å². The lowest BCUT2D eigenvalue weighted by molar-refractivity contribution is -0.305. The number of pyridine rings is 1. The predicted octanol–water partition coefficient (Wildman–Crippen LogP) is 2.07. The van der Waals surface area contributed by atoms with Crippen LogP contribution in [-0.2, 0) is 16.3 Å². The van der Waals surface area contributed by atoms with Crippen LogP contribution in [0.5, 0.6) is 0 Å². The average Bonchev–Trinajstić information content (AvgIpc) is 2.46. The van der Waals surface area contributed by atoms with Crippen LogP contribution in [0.1, 0.15) is 26.5 Å². The zero-order valence-corrected chi connectivity index (χ0v) is 12.9. The van der Waals surface area contributed by atoms with Crippen molar-refractivity contribution in [2.24, 2.45) is 0 Å². The lowest BCUT2D eigenvalue weighted by Gasteiger charge is -2.33. The molecule has 0 spiro atoms. The van der Waals surface area contributed by atoms with Crippen molar-refractivity contribution in [1.29, 1.82) is 0 Å². The molecule has 6 nitrogen and oxygen atoms in total. The normalized spacial score (nSPS) is 16.8. The second-order valence-electron chi connectivity index (χ2n) is 6.13. The Balaban J connectivity index is 1.74. The van der Waals surface area contributed by atoms with Crippen molar-refractivity contribution in [1.82, 2.24) is 14.8 Å². The van der Waals surface area contributed by atoms with Gasteiger partial charge in [0.1, 0.15) is 5.60 Å². The first kappa shape index (κ1) is 15.7. The van der Waals surface area contributed by atoms with E-state index in [0.717, 1.165) is 25.3 Å². The molecular weight excluding hydrogens is 270 g/mol. The maximum atomic E-state index is 11.9. The molecule has 0 atom stereocenters. The van der Waals surface area contributed by atoms with Crippen LogP contribution in [0, 0.1) is 0 Å². The van der Waals surface area contributed by atoms with Crippen LogP contribution in [0.3, 0.4) is 0 Å². The van der Waals surface area contributed by atoms with E-state index in [2.05, 4.69) is 9.88 Å². The number of carbonyl (C=O) groups is 1. The van der Waals surface area contributed by atoms with Gasteiger partial charge in [0.2, 0.25) is 0 Å². The van der Waals surface area contributed by atoms with E-state index in [1.54, 1.807) is 11.1 Å². The molecule has 116 valence electrons. The van der Waals surface area contributed by atoms with Crippen molar-refractivity contribution < 1.29 is 14.6 Å². The number of aromatic nitrogens is 1. The molecule has 21 heavy (non-hydrogen) atoms. The number of rotatable bonds is 3. The Morgan fingerprint density at radius 1 is 1.24 bits per heavy atom. The third kappa shape index (κ3) is 5.32. The minimum Gasteiger partial charge on any atom is -0.303 e. The first-order valence-corrected chi connectivity index (χ1v) is 7.21. The summed E-state index contributed by atoms with van der Waals surface area (Å²) >= 11 is 0. The van der Waals surface area contributed by atoms with Gasteiger partial charge in [-0.15, -0.1) is 0 Å². The number of hydrogen-bond acceptors (Lipinski definition) is 5. The van der Waals surface area contributed by atoms with Gasteiger partial charge >= 0.3 is 6.09 Å². The highest BCUT2D eigenvalue weighted by Crippen LogP contribution is 2.11.